The van der Waals surface area contributed by atoms with Gasteiger partial charge in [0.2, 0.25) is 0 Å². The van der Waals surface area contributed by atoms with Crippen molar-refractivity contribution >= 4 is 5.97 Å². The van der Waals surface area contributed by atoms with Crippen LogP contribution in [0.4, 0.5) is 0 Å². The second-order valence-corrected chi connectivity index (χ2v) is 4.75. The van der Waals surface area contributed by atoms with E-state index >= 15 is 0 Å². The van der Waals surface area contributed by atoms with Crippen LogP contribution in [0.15, 0.2) is 0 Å². The highest BCUT2D eigenvalue weighted by atomic mass is 16.6. The van der Waals surface area contributed by atoms with Gasteiger partial charge in [0.1, 0.15) is 5.60 Å². The molecule has 0 unspecified atom stereocenters. The third kappa shape index (κ3) is 2.99. The van der Waals surface area contributed by atoms with Gasteiger partial charge in [-0.05, 0) is 39.5 Å². The molecule has 1 N–H and O–H groups in total. The van der Waals surface area contributed by atoms with Gasteiger partial charge in [-0.25, -0.2) is 0 Å². The zero-order chi connectivity index (χ0) is 10.1. The Labute approximate surface area is 79.1 Å². The normalized spacial score (nSPS) is 28.0. The van der Waals surface area contributed by atoms with Gasteiger partial charge in [-0.15, -0.1) is 0 Å². The predicted octanol–water partition coefficient (Wildman–Crippen LogP) is 1.35. The average molecular weight is 186 g/mol. The third-order valence-corrected chi connectivity index (χ3v) is 2.23. The minimum absolute atomic E-state index is 0.0244. The molecule has 13 heavy (non-hydrogen) atoms. The molecule has 1 aliphatic rings. The van der Waals surface area contributed by atoms with E-state index in [-0.39, 0.29) is 24.1 Å². The van der Waals surface area contributed by atoms with Crippen molar-refractivity contribution in [1.82, 2.24) is 0 Å². The summed E-state index contributed by atoms with van der Waals surface area (Å²) in [6.45, 7) is 5.80. The van der Waals surface area contributed by atoms with Crippen molar-refractivity contribution in [3.8, 4) is 0 Å². The molecule has 0 aromatic carbocycles. The Balaban J connectivity index is 2.27. The molecule has 1 fully saturated rings. The molecule has 0 heterocycles. The van der Waals surface area contributed by atoms with Crippen molar-refractivity contribution in [2.24, 2.45) is 11.8 Å². The predicted molar refractivity (Wildman–Crippen MR) is 49.1 cm³/mol. The molecule has 0 bridgehead atoms. The van der Waals surface area contributed by atoms with Crippen LogP contribution in [-0.4, -0.2) is 23.3 Å². The minimum atomic E-state index is -0.388. The third-order valence-electron chi connectivity index (χ3n) is 2.23. The van der Waals surface area contributed by atoms with Crippen LogP contribution in [-0.2, 0) is 9.53 Å². The number of rotatable bonds is 2. The SMILES string of the molecule is CC(C)(C)OC(=O)[C@H]1C[C@@H](CO)C1. The minimum Gasteiger partial charge on any atom is -0.460 e. The van der Waals surface area contributed by atoms with Gasteiger partial charge in [-0.1, -0.05) is 0 Å². The maximum absolute atomic E-state index is 11.4. The summed E-state index contributed by atoms with van der Waals surface area (Å²) in [5.41, 5.74) is -0.388. The van der Waals surface area contributed by atoms with Crippen molar-refractivity contribution < 1.29 is 14.6 Å². The van der Waals surface area contributed by atoms with E-state index in [2.05, 4.69) is 0 Å². The summed E-state index contributed by atoms with van der Waals surface area (Å²) >= 11 is 0. The quantitative estimate of drug-likeness (QED) is 0.662. The van der Waals surface area contributed by atoms with E-state index in [1.54, 1.807) is 0 Å². The summed E-state index contributed by atoms with van der Waals surface area (Å²) in [4.78, 5) is 11.4. The van der Waals surface area contributed by atoms with Gasteiger partial charge in [-0.3, -0.25) is 4.79 Å². The van der Waals surface area contributed by atoms with Gasteiger partial charge in [0.15, 0.2) is 0 Å². The van der Waals surface area contributed by atoms with Crippen LogP contribution in [0, 0.1) is 11.8 Å². The molecular weight excluding hydrogens is 168 g/mol. The van der Waals surface area contributed by atoms with Gasteiger partial charge in [-0.2, -0.15) is 0 Å². The van der Waals surface area contributed by atoms with E-state index < -0.39 is 0 Å². The molecular formula is C10H18O3. The van der Waals surface area contributed by atoms with Crippen molar-refractivity contribution in [3.05, 3.63) is 0 Å². The van der Waals surface area contributed by atoms with Crippen molar-refractivity contribution in [2.45, 2.75) is 39.2 Å². The fourth-order valence-electron chi connectivity index (χ4n) is 1.46. The molecule has 1 aliphatic carbocycles. The van der Waals surface area contributed by atoms with Crippen LogP contribution in [0.2, 0.25) is 0 Å². The Morgan fingerprint density at radius 1 is 1.46 bits per heavy atom. The molecule has 0 aromatic rings. The van der Waals surface area contributed by atoms with Crippen LogP contribution in [0.5, 0.6) is 0 Å². The highest BCUT2D eigenvalue weighted by molar-refractivity contribution is 5.73. The number of ether oxygens (including phenoxy) is 1. The second kappa shape index (κ2) is 3.66. The Morgan fingerprint density at radius 2 is 2.00 bits per heavy atom. The van der Waals surface area contributed by atoms with Gasteiger partial charge >= 0.3 is 5.97 Å². The van der Waals surface area contributed by atoms with E-state index in [9.17, 15) is 4.79 Å². The second-order valence-electron chi connectivity index (χ2n) is 4.75. The molecule has 1 saturated carbocycles. The first-order valence-corrected chi connectivity index (χ1v) is 4.76. The Kier molecular flexibility index (Phi) is 2.96. The van der Waals surface area contributed by atoms with Crippen molar-refractivity contribution in [2.75, 3.05) is 6.61 Å². The molecule has 76 valence electrons. The van der Waals surface area contributed by atoms with E-state index in [1.807, 2.05) is 20.8 Å². The number of aliphatic hydroxyl groups excluding tert-OH is 1. The molecule has 0 spiro atoms. The lowest BCUT2D eigenvalue weighted by Crippen LogP contribution is -2.37. The number of hydrogen-bond acceptors (Lipinski definition) is 3. The Morgan fingerprint density at radius 3 is 2.38 bits per heavy atom. The molecule has 3 heteroatoms. The lowest BCUT2D eigenvalue weighted by molar-refractivity contribution is -0.165. The fourth-order valence-corrected chi connectivity index (χ4v) is 1.46. The monoisotopic (exact) mass is 186 g/mol. The van der Waals surface area contributed by atoms with Crippen LogP contribution < -0.4 is 0 Å². The first-order chi connectivity index (χ1) is 5.92. The summed E-state index contributed by atoms with van der Waals surface area (Å²) < 4.78 is 5.21. The number of hydrogen-bond donors (Lipinski definition) is 1. The van der Waals surface area contributed by atoms with Crippen molar-refractivity contribution in [3.63, 3.8) is 0 Å². The zero-order valence-corrected chi connectivity index (χ0v) is 8.54. The summed E-state index contributed by atoms with van der Waals surface area (Å²) in [5.74, 6) is 0.228. The maximum atomic E-state index is 11.4. The number of carbonyl (C=O) groups excluding carboxylic acids is 1. The molecule has 0 aliphatic heterocycles. The molecule has 0 atom stereocenters. The number of esters is 1. The number of carbonyl (C=O) groups is 1. The van der Waals surface area contributed by atoms with Crippen molar-refractivity contribution in [1.29, 1.82) is 0 Å². The molecule has 0 radical (unpaired) electrons. The highest BCUT2D eigenvalue weighted by Crippen LogP contribution is 2.34. The summed E-state index contributed by atoms with van der Waals surface area (Å²) in [6, 6.07) is 0. The first kappa shape index (κ1) is 10.5. The smallest absolute Gasteiger partial charge is 0.309 e. The van der Waals surface area contributed by atoms with Gasteiger partial charge in [0.25, 0.3) is 0 Å². The van der Waals surface area contributed by atoms with Crippen LogP contribution in [0.1, 0.15) is 33.6 Å². The lowest BCUT2D eigenvalue weighted by atomic mass is 9.75. The number of aliphatic hydroxyl groups is 1. The summed E-state index contributed by atoms with van der Waals surface area (Å²) in [5, 5.41) is 8.77. The lowest BCUT2D eigenvalue weighted by Gasteiger charge is -2.34. The average Bonchev–Trinajstić information content (AvgIpc) is 1.79. The van der Waals surface area contributed by atoms with Crippen LogP contribution in [0.3, 0.4) is 0 Å². The first-order valence-electron chi connectivity index (χ1n) is 4.76. The van der Waals surface area contributed by atoms with Gasteiger partial charge < -0.3 is 9.84 Å². The molecule has 0 amide bonds. The Hall–Kier alpha value is -0.570. The highest BCUT2D eigenvalue weighted by Gasteiger charge is 2.36. The molecule has 0 aromatic heterocycles. The largest absolute Gasteiger partial charge is 0.460 e. The Bertz CT molecular complexity index is 187. The van der Waals surface area contributed by atoms with Crippen LogP contribution in [0.25, 0.3) is 0 Å². The maximum Gasteiger partial charge on any atom is 0.309 e. The summed E-state index contributed by atoms with van der Waals surface area (Å²) in [6.07, 6.45) is 1.57. The van der Waals surface area contributed by atoms with Gasteiger partial charge in [0, 0.05) is 6.61 Å². The summed E-state index contributed by atoms with van der Waals surface area (Å²) in [7, 11) is 0. The topological polar surface area (TPSA) is 46.5 Å². The molecule has 3 nitrogen and oxygen atoms in total. The van der Waals surface area contributed by atoms with E-state index in [0.717, 1.165) is 12.8 Å². The van der Waals surface area contributed by atoms with Gasteiger partial charge in [0.05, 0.1) is 5.92 Å². The standard InChI is InChI=1S/C10H18O3/c1-10(2,3)13-9(12)8-4-7(5-8)6-11/h7-8,11H,4-6H2,1-3H3/t7-,8+. The van der Waals surface area contributed by atoms with E-state index in [0.29, 0.717) is 5.92 Å². The van der Waals surface area contributed by atoms with E-state index in [1.165, 1.54) is 0 Å². The molecule has 1 rings (SSSR count). The molecule has 0 saturated heterocycles. The zero-order valence-electron chi connectivity index (χ0n) is 8.54. The van der Waals surface area contributed by atoms with Crippen LogP contribution >= 0.6 is 0 Å². The van der Waals surface area contributed by atoms with E-state index in [4.69, 9.17) is 9.84 Å². The fraction of sp³-hybridized carbons (Fsp3) is 0.900.